The summed E-state index contributed by atoms with van der Waals surface area (Å²) in [6, 6.07) is 26.7. The summed E-state index contributed by atoms with van der Waals surface area (Å²) in [6.45, 7) is 5.54. The molecule has 2 aliphatic heterocycles. The van der Waals surface area contributed by atoms with E-state index in [4.69, 9.17) is 0 Å². The number of ketones is 2. The Morgan fingerprint density at radius 3 is 1.79 bits per heavy atom. The number of rotatable bonds is 4. The summed E-state index contributed by atoms with van der Waals surface area (Å²) in [7, 11) is -2.06. The van der Waals surface area contributed by atoms with Crippen molar-refractivity contribution in [2.45, 2.75) is 38.3 Å². The molecule has 0 N–H and O–H groups in total. The van der Waals surface area contributed by atoms with Gasteiger partial charge in [0.1, 0.15) is 8.07 Å². The summed E-state index contributed by atoms with van der Waals surface area (Å²) in [6.07, 6.45) is 7.63. The fourth-order valence-electron chi connectivity index (χ4n) is 8.08. The van der Waals surface area contributed by atoms with E-state index in [1.54, 1.807) is 29.6 Å². The van der Waals surface area contributed by atoms with E-state index in [9.17, 15) is 20.1 Å². The number of benzene rings is 2. The fourth-order valence-corrected chi connectivity index (χ4v) is 17.4. The third-order valence-corrected chi connectivity index (χ3v) is 18.1. The van der Waals surface area contributed by atoms with Gasteiger partial charge < -0.3 is 0 Å². The Kier molecular flexibility index (Phi) is 7.34. The highest BCUT2D eigenvalue weighted by molar-refractivity contribution is 7.29. The zero-order chi connectivity index (χ0) is 33.2. The van der Waals surface area contributed by atoms with Gasteiger partial charge in [0.25, 0.3) is 0 Å². The van der Waals surface area contributed by atoms with Crippen molar-refractivity contribution in [3.05, 3.63) is 115 Å². The molecule has 2 aromatic carbocycles. The van der Waals surface area contributed by atoms with Crippen LogP contribution in [0.5, 0.6) is 0 Å². The molecule has 0 saturated carbocycles. The van der Waals surface area contributed by atoms with Crippen LogP contribution >= 0.6 is 22.7 Å². The number of allylic oxidation sites excluding steroid dienone is 5. The zero-order valence-electron chi connectivity index (χ0n) is 26.4. The second-order valence-corrected chi connectivity index (χ2v) is 19.2. The Balaban J connectivity index is 1.27. The topological polar surface area (TPSA) is 94.1 Å². The number of nitrogens with zero attached hydrogens (tertiary/aromatic N) is 3. The van der Waals surface area contributed by atoms with E-state index in [1.165, 1.54) is 51.5 Å². The van der Waals surface area contributed by atoms with Crippen molar-refractivity contribution >= 4 is 82.7 Å². The van der Waals surface area contributed by atoms with Gasteiger partial charge in [-0.15, -0.1) is 22.7 Å². The SMILES string of the molecule is C=NC/C(C#N)=C1\C(=C\c2cc3c(s2)-c2sc(/C=C4\C(=O)c5ccccc5\C4=C(\C)C#N)cc2[Si]32CCCCC2)C(=O)c2ccccc21. The highest BCUT2D eigenvalue weighted by atomic mass is 32.1. The maximum absolute atomic E-state index is 13.8. The van der Waals surface area contributed by atoms with Crippen LogP contribution in [0.2, 0.25) is 12.1 Å². The summed E-state index contributed by atoms with van der Waals surface area (Å²) < 4.78 is 0. The number of thiophene rings is 2. The van der Waals surface area contributed by atoms with Crippen LogP contribution in [0.25, 0.3) is 33.1 Å². The Labute approximate surface area is 288 Å². The molecule has 4 heterocycles. The molecule has 2 aliphatic carbocycles. The van der Waals surface area contributed by atoms with E-state index in [1.807, 2.05) is 60.7 Å². The number of carbonyl (C=O) groups excluding carboxylic acids is 2. The molecular formula is C40H29N3O2S2Si. The molecule has 0 atom stereocenters. The van der Waals surface area contributed by atoms with E-state index in [0.29, 0.717) is 39.0 Å². The third kappa shape index (κ3) is 4.41. The second kappa shape index (κ2) is 11.6. The summed E-state index contributed by atoms with van der Waals surface area (Å²) in [5.74, 6) is -0.103. The van der Waals surface area contributed by atoms with Crippen LogP contribution < -0.4 is 10.4 Å². The Bertz CT molecular complexity index is 2340. The molecule has 1 fully saturated rings. The van der Waals surface area contributed by atoms with Crippen LogP contribution in [0.4, 0.5) is 0 Å². The van der Waals surface area contributed by atoms with E-state index in [0.717, 1.165) is 26.5 Å². The van der Waals surface area contributed by atoms with Crippen molar-refractivity contribution < 1.29 is 9.59 Å². The highest BCUT2D eigenvalue weighted by Gasteiger charge is 2.48. The third-order valence-electron chi connectivity index (χ3n) is 10.2. The van der Waals surface area contributed by atoms with Gasteiger partial charge in [0.15, 0.2) is 11.6 Å². The largest absolute Gasteiger partial charge is 0.295 e. The van der Waals surface area contributed by atoms with E-state index < -0.39 is 8.07 Å². The van der Waals surface area contributed by atoms with E-state index >= 15 is 0 Å². The first-order valence-electron chi connectivity index (χ1n) is 16.1. The molecule has 8 rings (SSSR count). The minimum Gasteiger partial charge on any atom is -0.295 e. The van der Waals surface area contributed by atoms with Gasteiger partial charge in [-0.1, -0.05) is 67.8 Å². The average Bonchev–Trinajstić information content (AvgIpc) is 3.90. The lowest BCUT2D eigenvalue weighted by Gasteiger charge is -2.32. The summed E-state index contributed by atoms with van der Waals surface area (Å²) in [5, 5.41) is 22.8. The Hall–Kier alpha value is -4.99. The molecule has 1 spiro atoms. The number of aliphatic imine (C=N–C) groups is 1. The number of hydrogen-bond donors (Lipinski definition) is 0. The maximum atomic E-state index is 13.8. The number of carbonyl (C=O) groups is 2. The van der Waals surface area contributed by atoms with E-state index in [2.05, 4.69) is 36.0 Å². The normalized spacial score (nSPS) is 20.7. The monoisotopic (exact) mass is 675 g/mol. The molecule has 232 valence electrons. The van der Waals surface area contributed by atoms with Gasteiger partial charge in [0.2, 0.25) is 0 Å². The molecule has 48 heavy (non-hydrogen) atoms. The molecule has 2 aromatic heterocycles. The first kappa shape index (κ1) is 30.3. The number of fused-ring (bicyclic) bond motifs is 7. The van der Waals surface area contributed by atoms with Crippen molar-refractivity contribution in [3.8, 4) is 21.9 Å². The maximum Gasteiger partial charge on any atom is 0.194 e. The molecular weight excluding hydrogens is 647 g/mol. The quantitative estimate of drug-likeness (QED) is 0.0940. The van der Waals surface area contributed by atoms with Gasteiger partial charge >= 0.3 is 0 Å². The number of Topliss-reactive ketones (excluding diaryl/α,β-unsaturated/α-hetero) is 2. The lowest BCUT2D eigenvalue weighted by atomic mass is 9.98. The van der Waals surface area contributed by atoms with Crippen molar-refractivity contribution in [1.29, 1.82) is 10.5 Å². The van der Waals surface area contributed by atoms with Crippen LogP contribution in [-0.2, 0) is 0 Å². The molecule has 0 radical (unpaired) electrons. The molecule has 0 bridgehead atoms. The van der Waals surface area contributed by atoms with Gasteiger partial charge in [-0.05, 0) is 71.5 Å². The highest BCUT2D eigenvalue weighted by Crippen LogP contribution is 2.48. The van der Waals surface area contributed by atoms with Crippen LogP contribution in [-0.4, -0.2) is 32.9 Å². The lowest BCUT2D eigenvalue weighted by Crippen LogP contribution is -2.55. The average molecular weight is 676 g/mol. The van der Waals surface area contributed by atoms with Gasteiger partial charge in [-0.25, -0.2) is 0 Å². The Morgan fingerprint density at radius 2 is 1.29 bits per heavy atom. The van der Waals surface area contributed by atoms with Crippen molar-refractivity contribution in [2.24, 2.45) is 4.99 Å². The zero-order valence-corrected chi connectivity index (χ0v) is 29.0. The van der Waals surface area contributed by atoms with Crippen LogP contribution in [0.3, 0.4) is 0 Å². The predicted molar refractivity (Wildman–Crippen MR) is 199 cm³/mol. The molecule has 1 saturated heterocycles. The number of nitriles is 2. The number of hydrogen-bond acceptors (Lipinski definition) is 7. The summed E-state index contributed by atoms with van der Waals surface area (Å²) in [5.41, 5.74) is 6.37. The van der Waals surface area contributed by atoms with Crippen LogP contribution in [0, 0.1) is 22.7 Å². The van der Waals surface area contributed by atoms with Crippen molar-refractivity contribution in [1.82, 2.24) is 0 Å². The molecule has 0 amide bonds. The van der Waals surface area contributed by atoms with Crippen LogP contribution in [0.15, 0.2) is 87.9 Å². The minimum absolute atomic E-state index is 0.0337. The smallest absolute Gasteiger partial charge is 0.194 e. The standard InChI is InChI=1S/C40H29N3O2S2Si/c1-23(20-41)35-27-10-4-6-12-29(27)37(44)31(35)16-25-18-33-39(46-25)40-34(48(33)14-8-3-9-15-48)19-26(47-40)17-32-36(24(21-42)22-43-2)28-11-5-7-13-30(28)38(32)45/h4-7,10-13,16-19H,2-3,8-9,14-15,22H2,1H3/b31-16-,32-17-,35-23+,36-24-. The summed E-state index contributed by atoms with van der Waals surface area (Å²) in [4.78, 5) is 36.0. The van der Waals surface area contributed by atoms with Crippen LogP contribution in [0.1, 0.15) is 67.8 Å². The second-order valence-electron chi connectivity index (χ2n) is 12.8. The van der Waals surface area contributed by atoms with Gasteiger partial charge in [-0.2, -0.15) is 10.5 Å². The fraction of sp³-hybridized carbons (Fsp3) is 0.175. The summed E-state index contributed by atoms with van der Waals surface area (Å²) >= 11 is 3.46. The van der Waals surface area contributed by atoms with Gasteiger partial charge in [0.05, 0.1) is 24.3 Å². The molecule has 4 aliphatic rings. The first-order valence-corrected chi connectivity index (χ1v) is 20.1. The van der Waals surface area contributed by atoms with Gasteiger partial charge in [-0.3, -0.25) is 14.6 Å². The molecule has 5 nitrogen and oxygen atoms in total. The first-order chi connectivity index (χ1) is 23.4. The van der Waals surface area contributed by atoms with Crippen molar-refractivity contribution in [3.63, 3.8) is 0 Å². The van der Waals surface area contributed by atoms with Gasteiger partial charge in [0, 0.05) is 58.5 Å². The molecule has 4 aromatic rings. The molecule has 8 heteroatoms. The minimum atomic E-state index is -2.06. The van der Waals surface area contributed by atoms with E-state index in [-0.39, 0.29) is 18.1 Å². The van der Waals surface area contributed by atoms with Crippen molar-refractivity contribution in [2.75, 3.05) is 6.54 Å². The lowest BCUT2D eigenvalue weighted by molar-refractivity contribution is 0.103. The predicted octanol–water partition coefficient (Wildman–Crippen LogP) is 8.37. The molecule has 0 unspecified atom stereocenters. The Morgan fingerprint density at radius 1 is 0.792 bits per heavy atom.